The van der Waals surface area contributed by atoms with Crippen LogP contribution in [0, 0.1) is 0 Å². The zero-order valence-corrected chi connectivity index (χ0v) is 13.9. The second kappa shape index (κ2) is 5.84. The molecule has 4 rings (SSSR count). The molecule has 0 bridgehead atoms. The summed E-state index contributed by atoms with van der Waals surface area (Å²) in [6, 6.07) is 14.7. The zero-order chi connectivity index (χ0) is 17.6. The Morgan fingerprint density at radius 1 is 1.00 bits per heavy atom. The largest absolute Gasteiger partial charge is 0.334 e. The summed E-state index contributed by atoms with van der Waals surface area (Å²) in [5.74, 6) is -0.977. The van der Waals surface area contributed by atoms with E-state index in [1.54, 1.807) is 29.2 Å². The first-order chi connectivity index (χ1) is 12.1. The Balaban J connectivity index is 1.54. The van der Waals surface area contributed by atoms with E-state index in [4.69, 9.17) is 0 Å². The molecule has 1 atom stereocenters. The normalized spacial score (nSPS) is 19.0. The van der Waals surface area contributed by atoms with Gasteiger partial charge in [-0.1, -0.05) is 36.4 Å². The van der Waals surface area contributed by atoms with Crippen LogP contribution in [0.4, 0.5) is 0 Å². The van der Waals surface area contributed by atoms with E-state index in [1.165, 1.54) is 5.56 Å². The van der Waals surface area contributed by atoms with Crippen LogP contribution in [0.5, 0.6) is 0 Å². The molecule has 2 aliphatic heterocycles. The summed E-state index contributed by atoms with van der Waals surface area (Å²) in [7, 11) is 0. The summed E-state index contributed by atoms with van der Waals surface area (Å²) < 4.78 is 0. The first-order valence-corrected chi connectivity index (χ1v) is 8.40. The summed E-state index contributed by atoms with van der Waals surface area (Å²) in [5.41, 5.74) is 3.12. The second-order valence-electron chi connectivity index (χ2n) is 6.45. The quantitative estimate of drug-likeness (QED) is 0.793. The molecule has 5 nitrogen and oxygen atoms in total. The number of amides is 3. The number of benzene rings is 2. The summed E-state index contributed by atoms with van der Waals surface area (Å²) >= 11 is 0. The lowest BCUT2D eigenvalue weighted by Gasteiger charge is -2.36. The first kappa shape index (κ1) is 15.6. The van der Waals surface area contributed by atoms with Crippen molar-refractivity contribution < 1.29 is 14.4 Å². The fraction of sp³-hybridized carbons (Fsp3) is 0.250. The molecule has 0 radical (unpaired) electrons. The van der Waals surface area contributed by atoms with Crippen LogP contribution in [-0.2, 0) is 11.2 Å². The van der Waals surface area contributed by atoms with Gasteiger partial charge in [0.15, 0.2) is 0 Å². The fourth-order valence-corrected chi connectivity index (χ4v) is 3.72. The molecule has 1 unspecified atom stereocenters. The highest BCUT2D eigenvalue weighted by Crippen LogP contribution is 2.30. The number of imide groups is 1. The van der Waals surface area contributed by atoms with E-state index < -0.39 is 0 Å². The van der Waals surface area contributed by atoms with Crippen molar-refractivity contribution in [3.63, 3.8) is 0 Å². The van der Waals surface area contributed by atoms with Gasteiger partial charge >= 0.3 is 0 Å². The van der Waals surface area contributed by atoms with Crippen molar-refractivity contribution in [1.82, 2.24) is 9.80 Å². The van der Waals surface area contributed by atoms with Gasteiger partial charge in [0, 0.05) is 6.54 Å². The van der Waals surface area contributed by atoms with Crippen LogP contribution < -0.4 is 0 Å². The molecule has 2 aromatic rings. The molecular weight excluding hydrogens is 316 g/mol. The summed E-state index contributed by atoms with van der Waals surface area (Å²) in [6.07, 6.45) is 0.786. The van der Waals surface area contributed by atoms with Crippen molar-refractivity contribution in [1.29, 1.82) is 0 Å². The van der Waals surface area contributed by atoms with E-state index in [9.17, 15) is 14.4 Å². The first-order valence-electron chi connectivity index (χ1n) is 8.40. The Morgan fingerprint density at radius 2 is 1.60 bits per heavy atom. The molecule has 0 aromatic heterocycles. The van der Waals surface area contributed by atoms with Gasteiger partial charge < -0.3 is 4.90 Å². The average Bonchev–Trinajstić information content (AvgIpc) is 2.87. The summed E-state index contributed by atoms with van der Waals surface area (Å²) in [5, 5.41) is 0. The SMILES string of the molecule is CC1c2ccccc2CCN1C(=O)CN1C(=O)c2ccccc2C1=O. The molecule has 2 heterocycles. The molecule has 2 aromatic carbocycles. The number of hydrogen-bond acceptors (Lipinski definition) is 3. The van der Waals surface area contributed by atoms with Gasteiger partial charge in [-0.2, -0.15) is 0 Å². The highest BCUT2D eigenvalue weighted by Gasteiger charge is 2.38. The van der Waals surface area contributed by atoms with E-state index in [0.717, 1.165) is 16.9 Å². The molecule has 0 saturated carbocycles. The minimum atomic E-state index is -0.390. The lowest BCUT2D eigenvalue weighted by molar-refractivity contribution is -0.134. The standard InChI is InChI=1S/C20H18N2O3/c1-13-15-7-3-2-6-14(15)10-11-21(13)18(23)12-22-19(24)16-8-4-5-9-17(16)20(22)25/h2-9,13H,10-12H2,1H3. The monoisotopic (exact) mass is 334 g/mol. The predicted molar refractivity (Wildman–Crippen MR) is 92.1 cm³/mol. The van der Waals surface area contributed by atoms with Crippen LogP contribution >= 0.6 is 0 Å². The predicted octanol–water partition coefficient (Wildman–Crippen LogP) is 2.43. The van der Waals surface area contributed by atoms with Crippen molar-refractivity contribution in [2.75, 3.05) is 13.1 Å². The van der Waals surface area contributed by atoms with Crippen LogP contribution in [0.1, 0.15) is 44.8 Å². The van der Waals surface area contributed by atoms with Crippen LogP contribution in [0.2, 0.25) is 0 Å². The molecule has 5 heteroatoms. The topological polar surface area (TPSA) is 57.7 Å². The van der Waals surface area contributed by atoms with Gasteiger partial charge in [0.25, 0.3) is 11.8 Å². The highest BCUT2D eigenvalue weighted by atomic mass is 16.2. The van der Waals surface area contributed by atoms with Crippen LogP contribution in [0.3, 0.4) is 0 Å². The molecule has 2 aliphatic rings. The Morgan fingerprint density at radius 3 is 2.28 bits per heavy atom. The molecule has 25 heavy (non-hydrogen) atoms. The van der Waals surface area contributed by atoms with Crippen LogP contribution in [0.25, 0.3) is 0 Å². The maximum atomic E-state index is 12.8. The lowest BCUT2D eigenvalue weighted by atomic mass is 9.93. The number of rotatable bonds is 2. The number of carbonyl (C=O) groups excluding carboxylic acids is 3. The van der Waals surface area contributed by atoms with Crippen molar-refractivity contribution >= 4 is 17.7 Å². The smallest absolute Gasteiger partial charge is 0.262 e. The van der Waals surface area contributed by atoms with Gasteiger partial charge in [-0.15, -0.1) is 0 Å². The van der Waals surface area contributed by atoms with Crippen molar-refractivity contribution in [2.45, 2.75) is 19.4 Å². The Bertz CT molecular complexity index is 855. The molecule has 0 aliphatic carbocycles. The third kappa shape index (κ3) is 2.43. The summed E-state index contributed by atoms with van der Waals surface area (Å²) in [4.78, 5) is 40.5. The van der Waals surface area contributed by atoms with E-state index in [1.807, 2.05) is 25.1 Å². The average molecular weight is 334 g/mol. The van der Waals surface area contributed by atoms with E-state index in [0.29, 0.717) is 17.7 Å². The molecule has 0 saturated heterocycles. The number of nitrogens with zero attached hydrogens (tertiary/aromatic N) is 2. The third-order valence-electron chi connectivity index (χ3n) is 5.09. The van der Waals surface area contributed by atoms with Crippen molar-refractivity contribution in [3.05, 3.63) is 70.8 Å². The van der Waals surface area contributed by atoms with E-state index >= 15 is 0 Å². The Hall–Kier alpha value is -2.95. The number of carbonyl (C=O) groups is 3. The van der Waals surface area contributed by atoms with Crippen LogP contribution in [0.15, 0.2) is 48.5 Å². The molecular formula is C20H18N2O3. The molecule has 3 amide bonds. The van der Waals surface area contributed by atoms with Crippen molar-refractivity contribution in [2.24, 2.45) is 0 Å². The maximum Gasteiger partial charge on any atom is 0.262 e. The minimum Gasteiger partial charge on any atom is -0.334 e. The maximum absolute atomic E-state index is 12.8. The lowest BCUT2D eigenvalue weighted by Crippen LogP contribution is -2.46. The Labute approximate surface area is 145 Å². The molecule has 0 fully saturated rings. The van der Waals surface area contributed by atoms with Crippen molar-refractivity contribution in [3.8, 4) is 0 Å². The van der Waals surface area contributed by atoms with E-state index in [-0.39, 0.29) is 30.3 Å². The van der Waals surface area contributed by atoms with Gasteiger partial charge in [-0.3, -0.25) is 19.3 Å². The number of hydrogen-bond donors (Lipinski definition) is 0. The van der Waals surface area contributed by atoms with Gasteiger partial charge in [0.05, 0.1) is 17.2 Å². The third-order valence-corrected chi connectivity index (χ3v) is 5.09. The van der Waals surface area contributed by atoms with Gasteiger partial charge in [0.1, 0.15) is 6.54 Å². The fourth-order valence-electron chi connectivity index (χ4n) is 3.72. The minimum absolute atomic E-state index is 0.0624. The van der Waals surface area contributed by atoms with Crippen LogP contribution in [-0.4, -0.2) is 40.6 Å². The molecule has 0 N–H and O–H groups in total. The summed E-state index contributed by atoms with van der Waals surface area (Å²) in [6.45, 7) is 2.37. The Kier molecular flexibility index (Phi) is 3.64. The van der Waals surface area contributed by atoms with Gasteiger partial charge in [0.2, 0.25) is 5.91 Å². The second-order valence-corrected chi connectivity index (χ2v) is 6.45. The molecule has 126 valence electrons. The van der Waals surface area contributed by atoms with E-state index in [2.05, 4.69) is 6.07 Å². The highest BCUT2D eigenvalue weighted by molar-refractivity contribution is 6.22. The van der Waals surface area contributed by atoms with Gasteiger partial charge in [-0.05, 0) is 36.6 Å². The zero-order valence-electron chi connectivity index (χ0n) is 13.9. The number of fused-ring (bicyclic) bond motifs is 2. The van der Waals surface area contributed by atoms with Gasteiger partial charge in [-0.25, -0.2) is 0 Å². The molecule has 0 spiro atoms.